The van der Waals surface area contributed by atoms with Gasteiger partial charge < -0.3 is 5.32 Å². The Bertz CT molecular complexity index is 959. The lowest BCUT2D eigenvalue weighted by Crippen LogP contribution is -2.02. The van der Waals surface area contributed by atoms with Gasteiger partial charge in [-0.25, -0.2) is 4.98 Å². The van der Waals surface area contributed by atoms with Crippen molar-refractivity contribution in [3.63, 3.8) is 0 Å². The summed E-state index contributed by atoms with van der Waals surface area (Å²) in [5.74, 6) is 0.657. The quantitative estimate of drug-likeness (QED) is 0.628. The largest absolute Gasteiger partial charge is 0.337 e. The second kappa shape index (κ2) is 5.07. The third kappa shape index (κ3) is 1.96. The van der Waals surface area contributed by atoms with Crippen LogP contribution in [-0.4, -0.2) is 25.0 Å². The summed E-state index contributed by atoms with van der Waals surface area (Å²) in [6, 6.07) is 16.0. The maximum absolute atomic E-state index is 4.67. The number of hydrogen-bond donors (Lipinski definition) is 1. The summed E-state index contributed by atoms with van der Waals surface area (Å²) in [6.07, 6.45) is 0.942. The Balaban J connectivity index is 1.92. The third-order valence-corrected chi connectivity index (χ3v) is 3.67. The summed E-state index contributed by atoms with van der Waals surface area (Å²) < 4.78 is 1.71. The van der Waals surface area contributed by atoms with Crippen LogP contribution in [0.4, 0.5) is 11.5 Å². The zero-order valence-electron chi connectivity index (χ0n) is 12.1. The highest BCUT2D eigenvalue weighted by Gasteiger charge is 2.12. The van der Waals surface area contributed by atoms with Crippen LogP contribution in [0.25, 0.3) is 16.7 Å². The van der Waals surface area contributed by atoms with Crippen molar-refractivity contribution in [2.24, 2.45) is 0 Å². The molecule has 2 aromatic carbocycles. The Morgan fingerprint density at radius 3 is 2.77 bits per heavy atom. The lowest BCUT2D eigenvalue weighted by Gasteiger charge is -2.11. The van der Waals surface area contributed by atoms with Crippen LogP contribution in [0.2, 0.25) is 0 Å². The summed E-state index contributed by atoms with van der Waals surface area (Å²) in [5, 5.41) is 15.3. The van der Waals surface area contributed by atoms with E-state index in [9.17, 15) is 0 Å². The van der Waals surface area contributed by atoms with Crippen LogP contribution in [0, 0.1) is 0 Å². The SMILES string of the molecule is CCc1ccccc1Nc1nc2ccccc2n2nnnc12. The van der Waals surface area contributed by atoms with Gasteiger partial charge in [0.15, 0.2) is 5.82 Å². The topological polar surface area (TPSA) is 68.0 Å². The lowest BCUT2D eigenvalue weighted by molar-refractivity contribution is 0.841. The fourth-order valence-electron chi connectivity index (χ4n) is 2.57. The molecule has 2 aromatic heterocycles. The first-order valence-corrected chi connectivity index (χ1v) is 7.18. The molecular weight excluding hydrogens is 276 g/mol. The van der Waals surface area contributed by atoms with Gasteiger partial charge in [0, 0.05) is 5.69 Å². The fraction of sp³-hybridized carbons (Fsp3) is 0.125. The number of benzene rings is 2. The van der Waals surface area contributed by atoms with Gasteiger partial charge >= 0.3 is 0 Å². The van der Waals surface area contributed by atoms with Crippen LogP contribution in [0.15, 0.2) is 48.5 Å². The van der Waals surface area contributed by atoms with E-state index in [1.807, 2.05) is 42.5 Å². The Hall–Kier alpha value is -3.02. The summed E-state index contributed by atoms with van der Waals surface area (Å²) >= 11 is 0. The molecular formula is C16H14N6. The van der Waals surface area contributed by atoms with E-state index in [0.29, 0.717) is 11.5 Å². The Morgan fingerprint density at radius 2 is 1.86 bits per heavy atom. The Kier molecular flexibility index (Phi) is 2.93. The minimum Gasteiger partial charge on any atom is -0.337 e. The van der Waals surface area contributed by atoms with E-state index in [4.69, 9.17) is 0 Å². The van der Waals surface area contributed by atoms with Crippen LogP contribution in [0.3, 0.4) is 0 Å². The lowest BCUT2D eigenvalue weighted by atomic mass is 10.1. The standard InChI is InChI=1S/C16H14N6/c1-2-11-7-3-4-8-12(11)17-15-16-19-20-21-22(16)14-10-6-5-9-13(14)18-15/h3-10H,2H2,1H3,(H,17,18). The van der Waals surface area contributed by atoms with Crippen molar-refractivity contribution in [3.8, 4) is 0 Å². The number of tetrazole rings is 1. The van der Waals surface area contributed by atoms with Crippen molar-refractivity contribution in [1.29, 1.82) is 0 Å². The molecule has 0 atom stereocenters. The zero-order chi connectivity index (χ0) is 14.9. The van der Waals surface area contributed by atoms with E-state index < -0.39 is 0 Å². The number of nitrogens with one attached hydrogen (secondary N) is 1. The molecule has 0 spiro atoms. The van der Waals surface area contributed by atoms with Crippen LogP contribution in [0.5, 0.6) is 0 Å². The Morgan fingerprint density at radius 1 is 1.05 bits per heavy atom. The molecule has 0 aliphatic rings. The van der Waals surface area contributed by atoms with Crippen molar-refractivity contribution in [3.05, 3.63) is 54.1 Å². The third-order valence-electron chi connectivity index (χ3n) is 3.67. The monoisotopic (exact) mass is 290 g/mol. The minimum atomic E-state index is 0.615. The number of aromatic nitrogens is 5. The van der Waals surface area contributed by atoms with E-state index in [1.165, 1.54) is 5.56 Å². The molecule has 2 heterocycles. The van der Waals surface area contributed by atoms with E-state index in [0.717, 1.165) is 23.1 Å². The van der Waals surface area contributed by atoms with Gasteiger partial charge in [0.05, 0.1) is 11.0 Å². The molecule has 0 fully saturated rings. The van der Waals surface area contributed by atoms with Crippen molar-refractivity contribution in [1.82, 2.24) is 25.0 Å². The number of aryl methyl sites for hydroxylation is 1. The number of hydrogen-bond acceptors (Lipinski definition) is 5. The maximum Gasteiger partial charge on any atom is 0.222 e. The van der Waals surface area contributed by atoms with E-state index in [2.05, 4.69) is 38.8 Å². The van der Waals surface area contributed by atoms with Gasteiger partial charge in [-0.15, -0.1) is 5.10 Å². The number of fused-ring (bicyclic) bond motifs is 3. The summed E-state index contributed by atoms with van der Waals surface area (Å²) in [6.45, 7) is 2.13. The van der Waals surface area contributed by atoms with Crippen LogP contribution in [-0.2, 0) is 6.42 Å². The highest BCUT2D eigenvalue weighted by atomic mass is 15.5. The second-order valence-corrected chi connectivity index (χ2v) is 5.00. The molecule has 6 heteroatoms. The Labute approximate surface area is 126 Å². The molecule has 0 saturated heterocycles. The molecule has 0 amide bonds. The van der Waals surface area contributed by atoms with Crippen molar-refractivity contribution in [2.45, 2.75) is 13.3 Å². The summed E-state index contributed by atoms with van der Waals surface area (Å²) in [5.41, 5.74) is 4.60. The van der Waals surface area contributed by atoms with Crippen LogP contribution in [0.1, 0.15) is 12.5 Å². The van der Waals surface area contributed by atoms with E-state index in [1.54, 1.807) is 4.52 Å². The smallest absolute Gasteiger partial charge is 0.222 e. The number of nitrogens with zero attached hydrogens (tertiary/aromatic N) is 5. The molecule has 0 saturated carbocycles. The maximum atomic E-state index is 4.67. The van der Waals surface area contributed by atoms with Gasteiger partial charge in [0.2, 0.25) is 5.65 Å². The normalized spacial score (nSPS) is 11.1. The molecule has 0 bridgehead atoms. The van der Waals surface area contributed by atoms with Crippen LogP contribution >= 0.6 is 0 Å². The van der Waals surface area contributed by atoms with Gasteiger partial charge in [-0.1, -0.05) is 37.3 Å². The molecule has 0 aliphatic heterocycles. The first kappa shape index (κ1) is 12.7. The van der Waals surface area contributed by atoms with Crippen molar-refractivity contribution < 1.29 is 0 Å². The second-order valence-electron chi connectivity index (χ2n) is 5.00. The van der Waals surface area contributed by atoms with E-state index in [-0.39, 0.29) is 0 Å². The highest BCUT2D eigenvalue weighted by molar-refractivity contribution is 5.83. The molecule has 1 N–H and O–H groups in total. The number of para-hydroxylation sites is 3. The first-order valence-electron chi connectivity index (χ1n) is 7.18. The molecule has 4 rings (SSSR count). The predicted molar refractivity (Wildman–Crippen MR) is 85.2 cm³/mol. The number of rotatable bonds is 3. The van der Waals surface area contributed by atoms with Crippen molar-refractivity contribution >= 4 is 28.2 Å². The summed E-state index contributed by atoms with van der Waals surface area (Å²) in [7, 11) is 0. The number of anilines is 2. The zero-order valence-corrected chi connectivity index (χ0v) is 12.1. The van der Waals surface area contributed by atoms with Crippen LogP contribution < -0.4 is 5.32 Å². The molecule has 4 aromatic rings. The molecule has 6 nitrogen and oxygen atoms in total. The first-order chi connectivity index (χ1) is 10.9. The minimum absolute atomic E-state index is 0.615. The molecule has 0 aliphatic carbocycles. The van der Waals surface area contributed by atoms with Gasteiger partial charge in [-0.3, -0.25) is 0 Å². The van der Waals surface area contributed by atoms with Gasteiger partial charge in [-0.05, 0) is 40.6 Å². The van der Waals surface area contributed by atoms with Gasteiger partial charge in [0.25, 0.3) is 0 Å². The average molecular weight is 290 g/mol. The molecule has 0 radical (unpaired) electrons. The highest BCUT2D eigenvalue weighted by Crippen LogP contribution is 2.24. The molecule has 108 valence electrons. The summed E-state index contributed by atoms with van der Waals surface area (Å²) in [4.78, 5) is 4.67. The predicted octanol–water partition coefficient (Wildman–Crippen LogP) is 2.98. The van der Waals surface area contributed by atoms with Crippen molar-refractivity contribution in [2.75, 3.05) is 5.32 Å². The fourth-order valence-corrected chi connectivity index (χ4v) is 2.57. The molecule has 0 unspecified atom stereocenters. The molecule has 22 heavy (non-hydrogen) atoms. The van der Waals surface area contributed by atoms with Gasteiger partial charge in [-0.2, -0.15) is 4.52 Å². The van der Waals surface area contributed by atoms with E-state index >= 15 is 0 Å². The van der Waals surface area contributed by atoms with Gasteiger partial charge in [0.1, 0.15) is 0 Å². The average Bonchev–Trinajstić information content (AvgIpc) is 3.06.